The van der Waals surface area contributed by atoms with E-state index in [1.807, 2.05) is 35.7 Å². The van der Waals surface area contributed by atoms with Crippen LogP contribution in [0.5, 0.6) is 11.5 Å². The summed E-state index contributed by atoms with van der Waals surface area (Å²) in [5.74, 6) is 2.30. The summed E-state index contributed by atoms with van der Waals surface area (Å²) < 4.78 is 11.5. The molecule has 21 heavy (non-hydrogen) atoms. The average molecular weight is 393 g/mol. The number of hydrogen-bond acceptors (Lipinski definition) is 5. The summed E-state index contributed by atoms with van der Waals surface area (Å²) >= 11 is 7.28. The molecule has 118 valence electrons. The van der Waals surface area contributed by atoms with Crippen molar-refractivity contribution in [3.63, 3.8) is 0 Å². The van der Waals surface area contributed by atoms with Crippen LogP contribution in [-0.4, -0.2) is 40.8 Å². The molecule has 1 heterocycles. The number of methoxy groups -OCH3 is 2. The molecule has 4 unspecified atom stereocenters. The Labute approximate surface area is 143 Å². The maximum Gasteiger partial charge on any atom is 0.142 e. The largest absolute Gasteiger partial charge is 0.495 e. The zero-order valence-electron chi connectivity index (χ0n) is 12.6. The van der Waals surface area contributed by atoms with Gasteiger partial charge < -0.3 is 14.6 Å². The lowest BCUT2D eigenvalue weighted by atomic mass is 10.1. The molecule has 0 bridgehead atoms. The smallest absolute Gasteiger partial charge is 0.142 e. The van der Waals surface area contributed by atoms with E-state index >= 15 is 0 Å². The monoisotopic (exact) mass is 392 g/mol. The Bertz CT molecular complexity index is 498. The molecule has 1 fully saturated rings. The topological polar surface area (TPSA) is 38.7 Å². The van der Waals surface area contributed by atoms with Crippen LogP contribution in [0.1, 0.15) is 25.5 Å². The van der Waals surface area contributed by atoms with E-state index in [9.17, 15) is 5.11 Å². The van der Waals surface area contributed by atoms with Gasteiger partial charge in [-0.25, -0.2) is 0 Å². The average Bonchev–Trinajstić information content (AvgIpc) is 2.49. The van der Waals surface area contributed by atoms with Gasteiger partial charge in [0.25, 0.3) is 0 Å². The zero-order valence-corrected chi connectivity index (χ0v) is 15.8. The maximum atomic E-state index is 10.8. The van der Waals surface area contributed by atoms with Crippen LogP contribution in [0.4, 0.5) is 0 Å². The van der Waals surface area contributed by atoms with Crippen molar-refractivity contribution in [2.24, 2.45) is 0 Å². The van der Waals surface area contributed by atoms with Crippen LogP contribution < -0.4 is 9.47 Å². The SMILES string of the molecule is COc1ccc(C(O)C2CSC(C)C(C)S2)c(OC)c1Br. The minimum atomic E-state index is -0.547. The lowest BCUT2D eigenvalue weighted by molar-refractivity contribution is 0.175. The van der Waals surface area contributed by atoms with Gasteiger partial charge in [-0.15, -0.1) is 0 Å². The molecule has 1 N–H and O–H groups in total. The normalized spacial score (nSPS) is 27.2. The van der Waals surface area contributed by atoms with Crippen molar-refractivity contribution in [2.75, 3.05) is 20.0 Å². The molecule has 0 aliphatic carbocycles. The Kier molecular flexibility index (Phi) is 6.17. The first-order valence-electron chi connectivity index (χ1n) is 6.85. The van der Waals surface area contributed by atoms with Gasteiger partial charge in [0.2, 0.25) is 0 Å². The van der Waals surface area contributed by atoms with Crippen LogP contribution in [0.25, 0.3) is 0 Å². The second-order valence-electron chi connectivity index (χ2n) is 5.07. The van der Waals surface area contributed by atoms with Gasteiger partial charge >= 0.3 is 0 Å². The summed E-state index contributed by atoms with van der Waals surface area (Å²) in [7, 11) is 3.23. The molecule has 0 saturated carbocycles. The minimum Gasteiger partial charge on any atom is -0.495 e. The van der Waals surface area contributed by atoms with Crippen LogP contribution in [0.15, 0.2) is 16.6 Å². The standard InChI is InChI=1S/C15H21BrO3S2/c1-8-9(2)21-12(7-20-8)14(17)10-5-6-11(18-3)13(16)15(10)19-4/h5-6,8-9,12,14,17H,7H2,1-4H3. The summed E-state index contributed by atoms with van der Waals surface area (Å²) in [5.41, 5.74) is 0.810. The van der Waals surface area contributed by atoms with Crippen molar-refractivity contribution < 1.29 is 14.6 Å². The summed E-state index contributed by atoms with van der Waals surface area (Å²) in [5, 5.41) is 12.1. The van der Waals surface area contributed by atoms with Crippen molar-refractivity contribution in [3.05, 3.63) is 22.2 Å². The zero-order chi connectivity index (χ0) is 15.6. The second kappa shape index (κ2) is 7.49. The second-order valence-corrected chi connectivity index (χ2v) is 8.89. The number of ether oxygens (including phenoxy) is 2. The highest BCUT2D eigenvalue weighted by Gasteiger charge is 2.33. The van der Waals surface area contributed by atoms with Crippen molar-refractivity contribution in [3.8, 4) is 11.5 Å². The number of halogens is 1. The fraction of sp³-hybridized carbons (Fsp3) is 0.600. The molecule has 0 radical (unpaired) electrons. The number of aliphatic hydroxyl groups excluding tert-OH is 1. The molecule has 6 heteroatoms. The lowest BCUT2D eigenvalue weighted by Gasteiger charge is -2.34. The molecule has 1 saturated heterocycles. The third-order valence-corrected chi connectivity index (χ3v) is 7.99. The molecule has 3 nitrogen and oxygen atoms in total. The predicted octanol–water partition coefficient (Wildman–Crippen LogP) is 4.13. The first-order valence-corrected chi connectivity index (χ1v) is 9.63. The maximum absolute atomic E-state index is 10.8. The molecular formula is C15H21BrO3S2. The first kappa shape index (κ1) is 17.3. The van der Waals surface area contributed by atoms with Crippen LogP contribution in [0.2, 0.25) is 0 Å². The van der Waals surface area contributed by atoms with Crippen LogP contribution in [0, 0.1) is 0 Å². The third kappa shape index (κ3) is 3.66. The van der Waals surface area contributed by atoms with Gasteiger partial charge in [0.15, 0.2) is 0 Å². The van der Waals surface area contributed by atoms with Gasteiger partial charge in [0.05, 0.1) is 20.3 Å². The Balaban J connectivity index is 2.27. The van der Waals surface area contributed by atoms with Crippen molar-refractivity contribution >= 4 is 39.5 Å². The summed E-state index contributed by atoms with van der Waals surface area (Å²) in [6.45, 7) is 4.47. The van der Waals surface area contributed by atoms with Gasteiger partial charge in [0.1, 0.15) is 16.0 Å². The van der Waals surface area contributed by atoms with E-state index in [-0.39, 0.29) is 5.25 Å². The van der Waals surface area contributed by atoms with Crippen LogP contribution >= 0.6 is 39.5 Å². The van der Waals surface area contributed by atoms with E-state index in [1.54, 1.807) is 14.2 Å². The Morgan fingerprint density at radius 2 is 1.95 bits per heavy atom. The van der Waals surface area contributed by atoms with Gasteiger partial charge in [-0.05, 0) is 28.1 Å². The number of rotatable bonds is 4. The molecule has 0 aromatic heterocycles. The fourth-order valence-corrected chi connectivity index (χ4v) is 6.00. The quantitative estimate of drug-likeness (QED) is 0.833. The van der Waals surface area contributed by atoms with E-state index < -0.39 is 6.10 Å². The highest BCUT2D eigenvalue weighted by Crippen LogP contribution is 2.45. The molecule has 1 aromatic rings. The van der Waals surface area contributed by atoms with E-state index in [2.05, 4.69) is 29.8 Å². The molecule has 4 atom stereocenters. The summed E-state index contributed by atoms with van der Waals surface area (Å²) in [4.78, 5) is 0. The molecule has 0 spiro atoms. The highest BCUT2D eigenvalue weighted by molar-refractivity contribution is 9.10. The minimum absolute atomic E-state index is 0.176. The highest BCUT2D eigenvalue weighted by atomic mass is 79.9. The van der Waals surface area contributed by atoms with Gasteiger partial charge in [-0.1, -0.05) is 13.8 Å². The number of hydrogen-bond donors (Lipinski definition) is 1. The van der Waals surface area contributed by atoms with Gasteiger partial charge in [-0.3, -0.25) is 0 Å². The number of benzene rings is 1. The van der Waals surface area contributed by atoms with Crippen molar-refractivity contribution in [1.29, 1.82) is 0 Å². The molecule has 1 aliphatic heterocycles. The van der Waals surface area contributed by atoms with Gasteiger partial charge in [0, 0.05) is 27.1 Å². The van der Waals surface area contributed by atoms with E-state index in [1.165, 1.54) is 0 Å². The molecule has 2 rings (SSSR count). The van der Waals surface area contributed by atoms with Crippen LogP contribution in [-0.2, 0) is 0 Å². The molecule has 1 aliphatic rings. The predicted molar refractivity (Wildman–Crippen MR) is 95.0 cm³/mol. The Morgan fingerprint density at radius 3 is 2.52 bits per heavy atom. The molecule has 0 amide bonds. The lowest BCUT2D eigenvalue weighted by Crippen LogP contribution is -2.30. The molecular weight excluding hydrogens is 372 g/mol. The summed E-state index contributed by atoms with van der Waals surface area (Å²) in [6, 6.07) is 3.75. The summed E-state index contributed by atoms with van der Waals surface area (Å²) in [6.07, 6.45) is -0.547. The number of thioether (sulfide) groups is 2. The number of aliphatic hydroxyl groups is 1. The van der Waals surface area contributed by atoms with E-state index in [0.717, 1.165) is 15.8 Å². The van der Waals surface area contributed by atoms with Crippen LogP contribution in [0.3, 0.4) is 0 Å². The van der Waals surface area contributed by atoms with Crippen molar-refractivity contribution in [2.45, 2.75) is 35.7 Å². The first-order chi connectivity index (χ1) is 9.99. The third-order valence-electron chi connectivity index (χ3n) is 3.76. The Morgan fingerprint density at radius 1 is 1.24 bits per heavy atom. The molecule has 1 aromatic carbocycles. The fourth-order valence-electron chi connectivity index (χ4n) is 2.32. The van der Waals surface area contributed by atoms with Gasteiger partial charge in [-0.2, -0.15) is 23.5 Å². The Hall–Kier alpha value is -0.0400. The van der Waals surface area contributed by atoms with E-state index in [4.69, 9.17) is 9.47 Å². The van der Waals surface area contributed by atoms with Crippen molar-refractivity contribution in [1.82, 2.24) is 0 Å². The van der Waals surface area contributed by atoms with E-state index in [0.29, 0.717) is 22.0 Å².